The molecule has 3 aliphatic heterocycles. The molecule has 1 saturated carbocycles. The molecule has 8 heteroatoms. The zero-order chi connectivity index (χ0) is 21.3. The Hall–Kier alpha value is -2.19. The lowest BCUT2D eigenvalue weighted by Gasteiger charge is -2.34. The summed E-state index contributed by atoms with van der Waals surface area (Å²) in [6.07, 6.45) is 5.01. The van der Waals surface area contributed by atoms with Gasteiger partial charge in [-0.05, 0) is 45.1 Å². The second-order valence-corrected chi connectivity index (χ2v) is 10.7. The second-order valence-electron chi connectivity index (χ2n) is 9.71. The van der Waals surface area contributed by atoms with E-state index in [1.165, 1.54) is 0 Å². The van der Waals surface area contributed by atoms with Crippen molar-refractivity contribution >= 4 is 29.1 Å². The van der Waals surface area contributed by atoms with Gasteiger partial charge < -0.3 is 20.3 Å². The van der Waals surface area contributed by atoms with Gasteiger partial charge in [0.1, 0.15) is 11.6 Å². The third-order valence-electron chi connectivity index (χ3n) is 6.32. The van der Waals surface area contributed by atoms with Crippen LogP contribution in [0.15, 0.2) is 29.7 Å². The summed E-state index contributed by atoms with van der Waals surface area (Å²) in [7, 11) is 0. The maximum absolute atomic E-state index is 13.5. The van der Waals surface area contributed by atoms with Crippen LogP contribution in [0.25, 0.3) is 0 Å². The molecule has 1 spiro atoms. The van der Waals surface area contributed by atoms with Crippen molar-refractivity contribution in [2.24, 2.45) is 11.8 Å². The number of rotatable bonds is 5. The van der Waals surface area contributed by atoms with E-state index in [0.29, 0.717) is 6.54 Å². The van der Waals surface area contributed by atoms with Gasteiger partial charge in [-0.2, -0.15) is 0 Å². The quantitative estimate of drug-likeness (QED) is 0.696. The van der Waals surface area contributed by atoms with Crippen LogP contribution in [-0.2, 0) is 25.7 Å². The zero-order valence-corrected chi connectivity index (χ0v) is 18.2. The Morgan fingerprint density at radius 2 is 2.07 bits per heavy atom. The van der Waals surface area contributed by atoms with Crippen molar-refractivity contribution in [2.75, 3.05) is 0 Å². The van der Waals surface area contributed by atoms with Crippen molar-refractivity contribution in [1.82, 2.24) is 15.5 Å². The van der Waals surface area contributed by atoms with E-state index in [1.807, 2.05) is 50.4 Å². The number of fused-ring (bicyclic) bond motifs is 1. The van der Waals surface area contributed by atoms with Crippen molar-refractivity contribution in [2.45, 2.75) is 69.5 Å². The van der Waals surface area contributed by atoms with E-state index in [-0.39, 0.29) is 23.8 Å². The number of nitrogens with one attached hydrogen (secondary N) is 2. The van der Waals surface area contributed by atoms with Gasteiger partial charge in [-0.15, -0.1) is 11.3 Å². The molecule has 0 radical (unpaired) electrons. The average Bonchev–Trinajstić information content (AvgIpc) is 3.05. The molecule has 0 unspecified atom stereocenters. The first-order valence-corrected chi connectivity index (χ1v) is 11.4. The van der Waals surface area contributed by atoms with Crippen LogP contribution in [0.3, 0.4) is 0 Å². The third-order valence-corrected chi connectivity index (χ3v) is 7.19. The van der Waals surface area contributed by atoms with Crippen LogP contribution in [0.1, 0.15) is 38.5 Å². The predicted octanol–water partition coefficient (Wildman–Crippen LogP) is 1.59. The Labute approximate surface area is 179 Å². The molecule has 0 aromatic carbocycles. The smallest absolute Gasteiger partial charge is 0.246 e. The topological polar surface area (TPSA) is 87.7 Å². The van der Waals surface area contributed by atoms with E-state index in [9.17, 15) is 14.4 Å². The fourth-order valence-electron chi connectivity index (χ4n) is 5.10. The van der Waals surface area contributed by atoms with Crippen molar-refractivity contribution in [3.05, 3.63) is 34.5 Å². The summed E-state index contributed by atoms with van der Waals surface area (Å²) in [6, 6.07) is 3.22. The monoisotopic (exact) mass is 429 g/mol. The van der Waals surface area contributed by atoms with Gasteiger partial charge in [-0.1, -0.05) is 18.2 Å². The molecule has 5 atom stereocenters. The van der Waals surface area contributed by atoms with E-state index in [1.54, 1.807) is 16.2 Å². The molecule has 3 amide bonds. The minimum Gasteiger partial charge on any atom is -0.359 e. The fourth-order valence-corrected chi connectivity index (χ4v) is 5.74. The average molecular weight is 430 g/mol. The summed E-state index contributed by atoms with van der Waals surface area (Å²) in [6.45, 7) is 6.18. The predicted molar refractivity (Wildman–Crippen MR) is 111 cm³/mol. The van der Waals surface area contributed by atoms with Gasteiger partial charge >= 0.3 is 0 Å². The van der Waals surface area contributed by atoms with E-state index in [4.69, 9.17) is 4.74 Å². The summed E-state index contributed by atoms with van der Waals surface area (Å²) in [5, 5.41) is 7.96. The summed E-state index contributed by atoms with van der Waals surface area (Å²) < 4.78 is 6.29. The first-order valence-electron chi connectivity index (χ1n) is 10.5. The number of likely N-dealkylation sites (tertiary alicyclic amines) is 1. The van der Waals surface area contributed by atoms with Gasteiger partial charge in [0.05, 0.1) is 24.5 Å². The Morgan fingerprint density at radius 3 is 2.70 bits per heavy atom. The molecule has 4 heterocycles. The molecule has 2 saturated heterocycles. The van der Waals surface area contributed by atoms with Gasteiger partial charge in [-0.25, -0.2) is 0 Å². The van der Waals surface area contributed by atoms with Gasteiger partial charge in [0, 0.05) is 16.5 Å². The second kappa shape index (κ2) is 6.65. The van der Waals surface area contributed by atoms with Crippen LogP contribution in [0.5, 0.6) is 0 Å². The van der Waals surface area contributed by atoms with Crippen LogP contribution < -0.4 is 10.6 Å². The molecule has 2 N–H and O–H groups in total. The lowest BCUT2D eigenvalue weighted by Crippen LogP contribution is -2.58. The van der Waals surface area contributed by atoms with Crippen LogP contribution in [-0.4, -0.2) is 51.9 Å². The SMILES string of the molecule is CC(C)(C)NC(=O)[C@@H]1N(C2CC2)C(=O)[C@H]2[C@@H](C(=O)NCc3cccs3)[C@H]3C=C[C@@]12O3. The highest BCUT2D eigenvalue weighted by Gasteiger charge is 2.74. The zero-order valence-electron chi connectivity index (χ0n) is 17.4. The number of thiophene rings is 1. The van der Waals surface area contributed by atoms with E-state index >= 15 is 0 Å². The molecule has 1 aromatic rings. The highest BCUT2D eigenvalue weighted by molar-refractivity contribution is 7.09. The Kier molecular flexibility index (Phi) is 4.38. The van der Waals surface area contributed by atoms with Crippen LogP contribution in [0.2, 0.25) is 0 Å². The van der Waals surface area contributed by atoms with Gasteiger partial charge in [0.2, 0.25) is 17.7 Å². The molecule has 30 heavy (non-hydrogen) atoms. The van der Waals surface area contributed by atoms with Crippen LogP contribution >= 0.6 is 11.3 Å². The molecule has 2 bridgehead atoms. The lowest BCUT2D eigenvalue weighted by atomic mass is 9.74. The van der Waals surface area contributed by atoms with E-state index < -0.39 is 35.1 Å². The molecule has 1 aromatic heterocycles. The van der Waals surface area contributed by atoms with Gasteiger partial charge in [-0.3, -0.25) is 14.4 Å². The number of hydrogen-bond acceptors (Lipinski definition) is 5. The van der Waals surface area contributed by atoms with E-state index in [0.717, 1.165) is 17.7 Å². The molecule has 4 aliphatic rings. The molecule has 160 valence electrons. The Morgan fingerprint density at radius 1 is 1.30 bits per heavy atom. The number of ether oxygens (including phenoxy) is 1. The van der Waals surface area contributed by atoms with E-state index in [2.05, 4.69) is 10.6 Å². The van der Waals surface area contributed by atoms with Crippen molar-refractivity contribution in [1.29, 1.82) is 0 Å². The number of nitrogens with zero attached hydrogens (tertiary/aromatic N) is 1. The molecular weight excluding hydrogens is 402 g/mol. The molecule has 1 aliphatic carbocycles. The standard InChI is InChI=1S/C22H27N3O4S/c1-21(2,3)24-19(27)17-22-9-8-14(29-22)15(16(22)20(28)25(17)12-6-7-12)18(26)23-11-13-5-4-10-30-13/h4-5,8-10,12,14-17H,6-7,11H2,1-3H3,(H,23,26)(H,24,27)/t14-,15+,16-,17+,22+/m1/s1. The number of carbonyl (C=O) groups is 3. The molecule has 5 rings (SSSR count). The Bertz CT molecular complexity index is 917. The first-order chi connectivity index (χ1) is 14.2. The maximum atomic E-state index is 13.5. The molecule has 7 nitrogen and oxygen atoms in total. The Balaban J connectivity index is 1.44. The van der Waals surface area contributed by atoms with Crippen molar-refractivity contribution in [3.63, 3.8) is 0 Å². The number of hydrogen-bond donors (Lipinski definition) is 2. The van der Waals surface area contributed by atoms with Gasteiger partial charge in [0.15, 0.2) is 0 Å². The minimum atomic E-state index is -1.06. The van der Waals surface area contributed by atoms with Crippen LogP contribution in [0, 0.1) is 11.8 Å². The highest BCUT2D eigenvalue weighted by Crippen LogP contribution is 2.57. The number of carbonyl (C=O) groups excluding carboxylic acids is 3. The first kappa shape index (κ1) is 19.8. The lowest BCUT2D eigenvalue weighted by molar-refractivity contribution is -0.143. The highest BCUT2D eigenvalue weighted by atomic mass is 32.1. The normalized spacial score (nSPS) is 34.4. The third kappa shape index (κ3) is 3.00. The summed E-state index contributed by atoms with van der Waals surface area (Å²) in [5.74, 6) is -1.81. The summed E-state index contributed by atoms with van der Waals surface area (Å²) in [5.41, 5.74) is -1.49. The molecule has 3 fully saturated rings. The summed E-state index contributed by atoms with van der Waals surface area (Å²) in [4.78, 5) is 42.7. The largest absolute Gasteiger partial charge is 0.359 e. The van der Waals surface area contributed by atoms with Crippen molar-refractivity contribution < 1.29 is 19.1 Å². The molecular formula is C22H27N3O4S. The van der Waals surface area contributed by atoms with Crippen LogP contribution in [0.4, 0.5) is 0 Å². The summed E-state index contributed by atoms with van der Waals surface area (Å²) >= 11 is 1.58. The maximum Gasteiger partial charge on any atom is 0.246 e. The number of amides is 3. The van der Waals surface area contributed by atoms with Gasteiger partial charge in [0.25, 0.3) is 0 Å². The minimum absolute atomic E-state index is 0.0547. The fraction of sp³-hybridized carbons (Fsp3) is 0.591. The van der Waals surface area contributed by atoms with Crippen molar-refractivity contribution in [3.8, 4) is 0 Å².